The van der Waals surface area contributed by atoms with Gasteiger partial charge in [-0.2, -0.15) is 4.98 Å². The Kier molecular flexibility index (Phi) is 2.97. The molecule has 1 heterocycles. The zero-order valence-electron chi connectivity index (χ0n) is 7.87. The number of H-pyrrole nitrogens is 1. The van der Waals surface area contributed by atoms with Gasteiger partial charge in [-0.05, 0) is 46.3 Å². The van der Waals surface area contributed by atoms with Gasteiger partial charge in [0.2, 0.25) is 10.7 Å². The van der Waals surface area contributed by atoms with Gasteiger partial charge < -0.3 is 10.7 Å². The van der Waals surface area contributed by atoms with Crippen LogP contribution in [0.3, 0.4) is 0 Å². The van der Waals surface area contributed by atoms with Gasteiger partial charge in [-0.25, -0.2) is 9.37 Å². The van der Waals surface area contributed by atoms with Crippen molar-refractivity contribution in [2.24, 2.45) is 0 Å². The lowest BCUT2D eigenvalue weighted by Crippen LogP contribution is -1.99. The van der Waals surface area contributed by atoms with Gasteiger partial charge in [0.05, 0.1) is 4.47 Å². The van der Waals surface area contributed by atoms with Gasteiger partial charge >= 0.3 is 0 Å². The maximum Gasteiger partial charge on any atom is 0.224 e. The average molecular weight is 301 g/mol. The molecule has 1 aromatic heterocycles. The number of halogens is 2. The van der Waals surface area contributed by atoms with E-state index in [-0.39, 0.29) is 16.5 Å². The van der Waals surface area contributed by atoms with Crippen molar-refractivity contribution in [1.82, 2.24) is 15.0 Å². The molecule has 2 rings (SSSR count). The van der Waals surface area contributed by atoms with E-state index in [1.54, 1.807) is 12.1 Å². The lowest BCUT2D eigenvalue weighted by atomic mass is 10.2. The van der Waals surface area contributed by atoms with Crippen LogP contribution in [0.4, 0.5) is 10.3 Å². The molecule has 0 amide bonds. The Bertz CT molecular complexity index is 598. The van der Waals surface area contributed by atoms with Crippen molar-refractivity contribution in [3.8, 4) is 11.4 Å². The molecule has 0 aliphatic rings. The van der Waals surface area contributed by atoms with Crippen LogP contribution in [0.5, 0.6) is 0 Å². The molecule has 0 aliphatic heterocycles. The van der Waals surface area contributed by atoms with Crippen LogP contribution in [0.2, 0.25) is 0 Å². The van der Waals surface area contributed by atoms with Gasteiger partial charge in [-0.1, -0.05) is 0 Å². The first-order valence-corrected chi connectivity index (χ1v) is 5.45. The molecule has 4 nitrogen and oxygen atoms in total. The Morgan fingerprint density at radius 3 is 2.75 bits per heavy atom. The molecular formula is C9H6BrFN4S. The number of aromatic amines is 1. The summed E-state index contributed by atoms with van der Waals surface area (Å²) in [5, 5.41) is 0. The van der Waals surface area contributed by atoms with Gasteiger partial charge in [0, 0.05) is 5.56 Å². The summed E-state index contributed by atoms with van der Waals surface area (Å²) in [6.45, 7) is 0. The molecule has 2 aromatic rings. The summed E-state index contributed by atoms with van der Waals surface area (Å²) in [6.07, 6.45) is 0. The predicted molar refractivity (Wildman–Crippen MR) is 64.7 cm³/mol. The zero-order valence-corrected chi connectivity index (χ0v) is 10.3. The van der Waals surface area contributed by atoms with Gasteiger partial charge in [0.1, 0.15) is 11.6 Å². The Hall–Kier alpha value is -1.34. The summed E-state index contributed by atoms with van der Waals surface area (Å²) in [4.78, 5) is 10.5. The molecule has 16 heavy (non-hydrogen) atoms. The van der Waals surface area contributed by atoms with Crippen molar-refractivity contribution in [2.45, 2.75) is 0 Å². The first-order chi connectivity index (χ1) is 7.56. The molecule has 0 fully saturated rings. The molecule has 0 saturated heterocycles. The van der Waals surface area contributed by atoms with Crippen LogP contribution in [0, 0.1) is 10.6 Å². The van der Waals surface area contributed by atoms with Crippen LogP contribution in [0.25, 0.3) is 11.4 Å². The monoisotopic (exact) mass is 300 g/mol. The number of aromatic nitrogens is 3. The van der Waals surface area contributed by atoms with Crippen molar-refractivity contribution >= 4 is 34.1 Å². The molecule has 7 heteroatoms. The van der Waals surface area contributed by atoms with E-state index in [1.807, 2.05) is 0 Å². The fraction of sp³-hybridized carbons (Fsp3) is 0. The van der Waals surface area contributed by atoms with Crippen LogP contribution >= 0.6 is 28.1 Å². The average Bonchev–Trinajstić information content (AvgIpc) is 2.20. The number of nitrogen functional groups attached to an aromatic ring is 1. The van der Waals surface area contributed by atoms with Crippen molar-refractivity contribution in [3.05, 3.63) is 33.3 Å². The fourth-order valence-electron chi connectivity index (χ4n) is 1.18. The second-order valence-corrected chi connectivity index (χ2v) is 4.21. The minimum atomic E-state index is -0.343. The highest BCUT2D eigenvalue weighted by Crippen LogP contribution is 2.22. The number of nitrogens with zero attached hydrogens (tertiary/aromatic N) is 2. The standard InChI is InChI=1S/C9H6BrFN4S/c10-5-3-4(1-2-6(5)11)7-13-8(12)15-9(16)14-7/h1-3H,(H3,12,13,14,15,16). The predicted octanol–water partition coefficient (Wildman–Crippen LogP) is 2.68. The summed E-state index contributed by atoms with van der Waals surface area (Å²) in [6, 6.07) is 4.49. The van der Waals surface area contributed by atoms with E-state index >= 15 is 0 Å². The molecule has 0 aliphatic carbocycles. The molecular weight excluding hydrogens is 295 g/mol. The number of rotatable bonds is 1. The third-order valence-corrected chi connectivity index (χ3v) is 2.65. The van der Waals surface area contributed by atoms with E-state index in [0.29, 0.717) is 15.9 Å². The van der Waals surface area contributed by atoms with Crippen LogP contribution in [-0.2, 0) is 0 Å². The third-order valence-electron chi connectivity index (χ3n) is 1.86. The molecule has 82 valence electrons. The highest BCUT2D eigenvalue weighted by Gasteiger charge is 2.05. The Labute approximate surface area is 104 Å². The Morgan fingerprint density at radius 2 is 2.12 bits per heavy atom. The normalized spacial score (nSPS) is 10.4. The third kappa shape index (κ3) is 2.25. The molecule has 0 saturated carbocycles. The molecule has 0 radical (unpaired) electrons. The molecule has 0 atom stereocenters. The topological polar surface area (TPSA) is 67.6 Å². The molecule has 1 aromatic carbocycles. The molecule has 0 spiro atoms. The van der Waals surface area contributed by atoms with Crippen LogP contribution in [0.1, 0.15) is 0 Å². The van der Waals surface area contributed by atoms with E-state index in [9.17, 15) is 4.39 Å². The van der Waals surface area contributed by atoms with E-state index in [2.05, 4.69) is 30.9 Å². The quantitative estimate of drug-likeness (QED) is 0.795. The Morgan fingerprint density at radius 1 is 1.38 bits per heavy atom. The first-order valence-electron chi connectivity index (χ1n) is 4.25. The highest BCUT2D eigenvalue weighted by molar-refractivity contribution is 9.10. The van der Waals surface area contributed by atoms with Crippen molar-refractivity contribution < 1.29 is 4.39 Å². The number of hydrogen-bond donors (Lipinski definition) is 2. The van der Waals surface area contributed by atoms with Crippen molar-refractivity contribution in [3.63, 3.8) is 0 Å². The maximum atomic E-state index is 13.0. The molecule has 0 bridgehead atoms. The lowest BCUT2D eigenvalue weighted by Gasteiger charge is -2.03. The van der Waals surface area contributed by atoms with Crippen LogP contribution < -0.4 is 5.73 Å². The smallest absolute Gasteiger partial charge is 0.224 e. The van der Waals surface area contributed by atoms with Gasteiger partial charge in [-0.3, -0.25) is 0 Å². The summed E-state index contributed by atoms with van der Waals surface area (Å²) in [5.41, 5.74) is 6.18. The number of benzene rings is 1. The van der Waals surface area contributed by atoms with Gasteiger partial charge in [0.25, 0.3) is 0 Å². The van der Waals surface area contributed by atoms with E-state index in [4.69, 9.17) is 18.0 Å². The van der Waals surface area contributed by atoms with E-state index in [1.165, 1.54) is 6.07 Å². The number of nitrogens with one attached hydrogen (secondary N) is 1. The second kappa shape index (κ2) is 4.26. The first kappa shape index (κ1) is 11.2. The van der Waals surface area contributed by atoms with Crippen molar-refractivity contribution in [1.29, 1.82) is 0 Å². The summed E-state index contributed by atoms with van der Waals surface area (Å²) >= 11 is 7.93. The number of anilines is 1. The lowest BCUT2D eigenvalue weighted by molar-refractivity contribution is 0.621. The minimum Gasteiger partial charge on any atom is -0.369 e. The molecule has 3 N–H and O–H groups in total. The van der Waals surface area contributed by atoms with E-state index < -0.39 is 0 Å². The maximum absolute atomic E-state index is 13.0. The van der Waals surface area contributed by atoms with Crippen LogP contribution in [-0.4, -0.2) is 15.0 Å². The van der Waals surface area contributed by atoms with Crippen molar-refractivity contribution in [2.75, 3.05) is 5.73 Å². The Balaban J connectivity index is 2.58. The SMILES string of the molecule is Nc1nc(=S)nc(-c2ccc(F)c(Br)c2)[nH]1. The summed E-state index contributed by atoms with van der Waals surface area (Å²) < 4.78 is 13.5. The number of hydrogen-bond acceptors (Lipinski definition) is 4. The van der Waals surface area contributed by atoms with Crippen LogP contribution in [0.15, 0.2) is 22.7 Å². The van der Waals surface area contributed by atoms with Gasteiger partial charge in [0.15, 0.2) is 0 Å². The minimum absolute atomic E-state index is 0.145. The summed E-state index contributed by atoms with van der Waals surface area (Å²) in [5.74, 6) is 0.290. The largest absolute Gasteiger partial charge is 0.369 e. The van der Waals surface area contributed by atoms with E-state index in [0.717, 1.165) is 0 Å². The molecule has 0 unspecified atom stereocenters. The highest BCUT2D eigenvalue weighted by atomic mass is 79.9. The second-order valence-electron chi connectivity index (χ2n) is 2.99. The number of nitrogens with two attached hydrogens (primary N) is 1. The zero-order chi connectivity index (χ0) is 11.7. The fourth-order valence-corrected chi connectivity index (χ4v) is 1.75. The summed E-state index contributed by atoms with van der Waals surface area (Å²) in [7, 11) is 0. The van der Waals surface area contributed by atoms with Gasteiger partial charge in [-0.15, -0.1) is 0 Å².